The molecule has 0 aromatic heterocycles. The SMILES string of the molecule is CCN(CC)C(=O)CSc1ccc2c(c1)CCC2. The maximum atomic E-state index is 11.9. The molecule has 0 bridgehead atoms. The molecule has 1 aliphatic rings. The van der Waals surface area contributed by atoms with Crippen molar-refractivity contribution in [3.05, 3.63) is 29.3 Å². The number of amides is 1. The van der Waals surface area contributed by atoms with Crippen LogP contribution in [0.1, 0.15) is 31.4 Å². The van der Waals surface area contributed by atoms with Crippen LogP contribution < -0.4 is 0 Å². The summed E-state index contributed by atoms with van der Waals surface area (Å²) < 4.78 is 0. The van der Waals surface area contributed by atoms with E-state index in [1.54, 1.807) is 11.8 Å². The lowest BCUT2D eigenvalue weighted by atomic mass is 10.1. The van der Waals surface area contributed by atoms with E-state index < -0.39 is 0 Å². The van der Waals surface area contributed by atoms with E-state index in [2.05, 4.69) is 18.2 Å². The van der Waals surface area contributed by atoms with Crippen LogP contribution in [-0.4, -0.2) is 29.6 Å². The van der Waals surface area contributed by atoms with Crippen LogP contribution in [0.15, 0.2) is 23.1 Å². The first kappa shape index (κ1) is 13.5. The summed E-state index contributed by atoms with van der Waals surface area (Å²) in [5.74, 6) is 0.797. The van der Waals surface area contributed by atoms with Crippen molar-refractivity contribution in [3.63, 3.8) is 0 Å². The van der Waals surface area contributed by atoms with Gasteiger partial charge in [0.05, 0.1) is 5.75 Å². The van der Waals surface area contributed by atoms with Crippen LogP contribution in [0.3, 0.4) is 0 Å². The van der Waals surface area contributed by atoms with E-state index in [0.717, 1.165) is 13.1 Å². The lowest BCUT2D eigenvalue weighted by Crippen LogP contribution is -2.31. The molecule has 0 heterocycles. The van der Waals surface area contributed by atoms with Crippen molar-refractivity contribution in [1.29, 1.82) is 0 Å². The lowest BCUT2D eigenvalue weighted by Gasteiger charge is -2.18. The van der Waals surface area contributed by atoms with Crippen molar-refractivity contribution in [2.24, 2.45) is 0 Å². The zero-order valence-electron chi connectivity index (χ0n) is 11.2. The number of rotatable bonds is 5. The molecular formula is C15H21NOS. The Labute approximate surface area is 114 Å². The normalized spacial score (nSPS) is 13.4. The number of fused-ring (bicyclic) bond motifs is 1. The predicted octanol–water partition coefficient (Wildman–Crippen LogP) is 3.14. The predicted molar refractivity (Wildman–Crippen MR) is 77.1 cm³/mol. The molecule has 1 aromatic rings. The average molecular weight is 263 g/mol. The maximum Gasteiger partial charge on any atom is 0.232 e. The highest BCUT2D eigenvalue weighted by Crippen LogP contribution is 2.27. The molecule has 0 fully saturated rings. The first-order valence-corrected chi connectivity index (χ1v) is 7.75. The van der Waals surface area contributed by atoms with Crippen LogP contribution in [-0.2, 0) is 17.6 Å². The van der Waals surface area contributed by atoms with E-state index in [9.17, 15) is 4.79 Å². The summed E-state index contributed by atoms with van der Waals surface area (Å²) in [4.78, 5) is 15.0. The Bertz CT molecular complexity index is 427. The third kappa shape index (κ3) is 3.08. The lowest BCUT2D eigenvalue weighted by molar-refractivity contribution is -0.127. The summed E-state index contributed by atoms with van der Waals surface area (Å²) in [5.41, 5.74) is 2.98. The molecule has 0 radical (unpaired) electrons. The first-order valence-electron chi connectivity index (χ1n) is 6.77. The zero-order chi connectivity index (χ0) is 13.0. The van der Waals surface area contributed by atoms with Crippen molar-refractivity contribution in [3.8, 4) is 0 Å². The Balaban J connectivity index is 1.92. The fraction of sp³-hybridized carbons (Fsp3) is 0.533. The van der Waals surface area contributed by atoms with Crippen molar-refractivity contribution >= 4 is 17.7 Å². The van der Waals surface area contributed by atoms with Gasteiger partial charge in [-0.05, 0) is 56.4 Å². The van der Waals surface area contributed by atoms with Gasteiger partial charge in [-0.3, -0.25) is 4.79 Å². The largest absolute Gasteiger partial charge is 0.343 e. The monoisotopic (exact) mass is 263 g/mol. The Hall–Kier alpha value is -0.960. The Morgan fingerprint density at radius 1 is 1.22 bits per heavy atom. The summed E-state index contributed by atoms with van der Waals surface area (Å²) in [5, 5.41) is 0. The van der Waals surface area contributed by atoms with Gasteiger partial charge in [0, 0.05) is 18.0 Å². The van der Waals surface area contributed by atoms with Crippen LogP contribution >= 0.6 is 11.8 Å². The standard InChI is InChI=1S/C15H21NOS/c1-3-16(4-2)15(17)11-18-14-9-8-12-6-5-7-13(12)10-14/h8-10H,3-7,11H2,1-2H3. The minimum absolute atomic E-state index is 0.241. The highest BCUT2D eigenvalue weighted by atomic mass is 32.2. The molecule has 1 amide bonds. The molecule has 0 saturated heterocycles. The molecule has 1 aliphatic carbocycles. The molecule has 3 heteroatoms. The summed E-state index contributed by atoms with van der Waals surface area (Å²) in [6.45, 7) is 5.67. The van der Waals surface area contributed by atoms with E-state index in [4.69, 9.17) is 0 Å². The van der Waals surface area contributed by atoms with Gasteiger partial charge in [0.15, 0.2) is 0 Å². The summed E-state index contributed by atoms with van der Waals surface area (Å²) in [6.07, 6.45) is 3.70. The van der Waals surface area contributed by atoms with Gasteiger partial charge >= 0.3 is 0 Å². The molecule has 0 N–H and O–H groups in total. The van der Waals surface area contributed by atoms with Crippen molar-refractivity contribution < 1.29 is 4.79 Å². The second-order valence-corrected chi connectivity index (χ2v) is 5.69. The quantitative estimate of drug-likeness (QED) is 0.761. The number of hydrogen-bond acceptors (Lipinski definition) is 2. The van der Waals surface area contributed by atoms with Crippen LogP contribution in [0.25, 0.3) is 0 Å². The fourth-order valence-electron chi connectivity index (χ4n) is 2.45. The number of nitrogens with zero attached hydrogens (tertiary/aromatic N) is 1. The second-order valence-electron chi connectivity index (χ2n) is 4.64. The van der Waals surface area contributed by atoms with E-state index in [-0.39, 0.29) is 5.91 Å². The fourth-order valence-corrected chi connectivity index (χ4v) is 3.31. The van der Waals surface area contributed by atoms with E-state index >= 15 is 0 Å². The van der Waals surface area contributed by atoms with E-state index in [1.807, 2.05) is 18.7 Å². The first-order chi connectivity index (χ1) is 8.74. The van der Waals surface area contributed by atoms with Gasteiger partial charge in [0.25, 0.3) is 0 Å². The van der Waals surface area contributed by atoms with Gasteiger partial charge in [-0.1, -0.05) is 6.07 Å². The number of carbonyl (C=O) groups is 1. The van der Waals surface area contributed by atoms with E-state index in [1.165, 1.54) is 35.3 Å². The molecule has 0 unspecified atom stereocenters. The van der Waals surface area contributed by atoms with Gasteiger partial charge in [-0.15, -0.1) is 11.8 Å². The van der Waals surface area contributed by atoms with Crippen molar-refractivity contribution in [1.82, 2.24) is 4.90 Å². The van der Waals surface area contributed by atoms with Gasteiger partial charge in [-0.25, -0.2) is 0 Å². The van der Waals surface area contributed by atoms with Crippen LogP contribution in [0.2, 0.25) is 0 Å². The third-order valence-electron chi connectivity index (χ3n) is 3.55. The number of aryl methyl sites for hydroxylation is 2. The smallest absolute Gasteiger partial charge is 0.232 e. The summed E-state index contributed by atoms with van der Waals surface area (Å²) in [6, 6.07) is 6.65. The Morgan fingerprint density at radius 3 is 2.67 bits per heavy atom. The molecule has 18 heavy (non-hydrogen) atoms. The van der Waals surface area contributed by atoms with E-state index in [0.29, 0.717) is 5.75 Å². The molecule has 2 rings (SSSR count). The Kier molecular flexibility index (Phi) is 4.70. The second kappa shape index (κ2) is 6.28. The molecule has 1 aromatic carbocycles. The molecule has 98 valence electrons. The number of hydrogen-bond donors (Lipinski definition) is 0. The van der Waals surface area contributed by atoms with Crippen LogP contribution in [0.4, 0.5) is 0 Å². The highest BCUT2D eigenvalue weighted by Gasteiger charge is 2.13. The average Bonchev–Trinajstić information content (AvgIpc) is 2.85. The molecule has 0 aliphatic heterocycles. The maximum absolute atomic E-state index is 11.9. The number of thioether (sulfide) groups is 1. The molecule has 0 spiro atoms. The molecule has 2 nitrogen and oxygen atoms in total. The molecular weight excluding hydrogens is 242 g/mol. The minimum Gasteiger partial charge on any atom is -0.343 e. The Morgan fingerprint density at radius 2 is 1.94 bits per heavy atom. The van der Waals surface area contributed by atoms with Crippen molar-refractivity contribution in [2.45, 2.75) is 38.0 Å². The minimum atomic E-state index is 0.241. The molecule has 0 saturated carbocycles. The van der Waals surface area contributed by atoms with Crippen LogP contribution in [0, 0.1) is 0 Å². The highest BCUT2D eigenvalue weighted by molar-refractivity contribution is 8.00. The zero-order valence-corrected chi connectivity index (χ0v) is 12.1. The van der Waals surface area contributed by atoms with Gasteiger partial charge < -0.3 is 4.90 Å². The van der Waals surface area contributed by atoms with Gasteiger partial charge in [-0.2, -0.15) is 0 Å². The topological polar surface area (TPSA) is 20.3 Å². The van der Waals surface area contributed by atoms with Crippen LogP contribution in [0.5, 0.6) is 0 Å². The number of benzene rings is 1. The summed E-state index contributed by atoms with van der Waals surface area (Å²) in [7, 11) is 0. The number of carbonyl (C=O) groups excluding carboxylic acids is 1. The van der Waals surface area contributed by atoms with Gasteiger partial charge in [0.2, 0.25) is 5.91 Å². The summed E-state index contributed by atoms with van der Waals surface area (Å²) >= 11 is 1.66. The molecule has 0 atom stereocenters. The van der Waals surface area contributed by atoms with Crippen molar-refractivity contribution in [2.75, 3.05) is 18.8 Å². The third-order valence-corrected chi connectivity index (χ3v) is 4.53. The van der Waals surface area contributed by atoms with Gasteiger partial charge in [0.1, 0.15) is 0 Å².